The summed E-state index contributed by atoms with van der Waals surface area (Å²) in [5.41, 5.74) is 7.89. The predicted molar refractivity (Wildman–Crippen MR) is 223 cm³/mol. The first-order valence-corrected chi connectivity index (χ1v) is 19.9. The van der Waals surface area contributed by atoms with E-state index in [0.29, 0.717) is 55.5 Å². The van der Waals surface area contributed by atoms with Crippen LogP contribution in [0.3, 0.4) is 0 Å². The van der Waals surface area contributed by atoms with E-state index in [1.54, 1.807) is 54.9 Å². The van der Waals surface area contributed by atoms with Crippen LogP contribution in [0.2, 0.25) is 0 Å². The number of nitrogens with one attached hydrogen (secondary N) is 6. The topological polar surface area (TPSA) is 251 Å². The largest absolute Gasteiger partial charge is 0.481 e. The number of carbonyl (C=O) groups excluding carboxylic acids is 6. The number of carbonyl (C=O) groups is 7. The van der Waals surface area contributed by atoms with Crippen molar-refractivity contribution >= 4 is 59.0 Å². The number of rotatable bonds is 21. The molecule has 9 N–H and O–H groups in total. The van der Waals surface area contributed by atoms with Crippen LogP contribution in [0.4, 0.5) is 16.2 Å². The minimum atomic E-state index is -1.29. The van der Waals surface area contributed by atoms with Crippen molar-refractivity contribution in [2.24, 2.45) is 5.73 Å². The minimum absolute atomic E-state index is 0.0403. The Kier molecular flexibility index (Phi) is 17.6. The molecule has 0 aliphatic heterocycles. The molecule has 0 radical (unpaired) electrons. The van der Waals surface area contributed by atoms with E-state index in [1.165, 1.54) is 6.08 Å². The Labute approximate surface area is 343 Å². The molecule has 1 aromatic heterocycles. The minimum Gasteiger partial charge on any atom is -0.481 e. The summed E-state index contributed by atoms with van der Waals surface area (Å²) < 4.78 is 0. The molecule has 0 spiro atoms. The van der Waals surface area contributed by atoms with Gasteiger partial charge in [0, 0.05) is 42.8 Å². The highest BCUT2D eigenvalue weighted by molar-refractivity contribution is 6.00. The molecule has 0 saturated heterocycles. The third-order valence-electron chi connectivity index (χ3n) is 10.0. The lowest BCUT2D eigenvalue weighted by Gasteiger charge is -2.36. The molecule has 16 nitrogen and oxygen atoms in total. The number of amides is 7. The van der Waals surface area contributed by atoms with Gasteiger partial charge in [-0.3, -0.25) is 33.8 Å². The molecular weight excluding hydrogens is 757 g/mol. The Morgan fingerprint density at radius 2 is 1.54 bits per heavy atom. The summed E-state index contributed by atoms with van der Waals surface area (Å²) in [6, 6.07) is 14.8. The Morgan fingerprint density at radius 1 is 0.831 bits per heavy atom. The Hall–Kier alpha value is -6.58. The van der Waals surface area contributed by atoms with E-state index >= 15 is 0 Å². The molecule has 0 bridgehead atoms. The molecular formula is C43H54N8O8. The molecule has 1 heterocycles. The van der Waals surface area contributed by atoms with Crippen molar-refractivity contribution in [1.82, 2.24) is 26.3 Å². The van der Waals surface area contributed by atoms with Crippen LogP contribution in [0.15, 0.2) is 79.1 Å². The van der Waals surface area contributed by atoms with E-state index in [0.717, 1.165) is 17.5 Å². The third kappa shape index (κ3) is 15.4. The summed E-state index contributed by atoms with van der Waals surface area (Å²) in [4.78, 5) is 93.8. The molecule has 16 heteroatoms. The van der Waals surface area contributed by atoms with Crippen LogP contribution in [0.5, 0.6) is 0 Å². The summed E-state index contributed by atoms with van der Waals surface area (Å²) in [5.74, 6) is -3.90. The second kappa shape index (κ2) is 23.0. The zero-order valence-corrected chi connectivity index (χ0v) is 33.3. The van der Waals surface area contributed by atoms with E-state index < -0.39 is 53.3 Å². The number of aromatic nitrogens is 1. The summed E-state index contributed by atoms with van der Waals surface area (Å²) in [6.45, 7) is 2.17. The van der Waals surface area contributed by atoms with Crippen molar-refractivity contribution in [3.8, 4) is 0 Å². The molecule has 1 aliphatic carbocycles. The first-order valence-electron chi connectivity index (χ1n) is 19.9. The van der Waals surface area contributed by atoms with E-state index in [-0.39, 0.29) is 44.6 Å². The van der Waals surface area contributed by atoms with Crippen LogP contribution < -0.4 is 37.6 Å². The summed E-state index contributed by atoms with van der Waals surface area (Å²) in [5, 5.41) is 25.8. The lowest BCUT2D eigenvalue weighted by Crippen LogP contribution is -2.62. The standard InChI is InChI=1S/C43H54N8O8/c1-29-11-3-4-13-33(29)50-42(59)47-32-20-17-30(18-21-32)27-37(53)48-34(14-5-8-26-46-36(52)22-19-31-12-10-25-45-28-31)39(56)49-35(15-9-16-38(54)55)40(57)51-43(41(44)58)23-6-2-7-24-43/h3-4,10-13,17-22,25,28,34-35H,2,5-9,14-16,23-24,26-27H2,1H3,(H2,44,58)(H,46,52)(H,48,53)(H,49,56)(H,51,57)(H,54,55)(H2,47,50,59)/b22-19+/t34-,35-/m0/s1. The van der Waals surface area contributed by atoms with Crippen molar-refractivity contribution in [1.29, 1.82) is 0 Å². The number of hydrogen-bond donors (Lipinski definition) is 8. The number of nitrogens with zero attached hydrogens (tertiary/aromatic N) is 1. The van der Waals surface area contributed by atoms with Crippen LogP contribution in [-0.4, -0.2) is 75.8 Å². The molecule has 314 valence electrons. The van der Waals surface area contributed by atoms with Gasteiger partial charge in [-0.1, -0.05) is 55.7 Å². The summed E-state index contributed by atoms with van der Waals surface area (Å²) in [7, 11) is 0. The van der Waals surface area contributed by atoms with Crippen LogP contribution in [0.1, 0.15) is 87.3 Å². The quantitative estimate of drug-likeness (QED) is 0.0569. The number of aliphatic carboxylic acids is 1. The van der Waals surface area contributed by atoms with Gasteiger partial charge in [0.25, 0.3) is 0 Å². The highest BCUT2D eigenvalue weighted by Gasteiger charge is 2.41. The van der Waals surface area contributed by atoms with E-state index in [2.05, 4.69) is 36.9 Å². The fraction of sp³-hybridized carbons (Fsp3) is 0.395. The average molecular weight is 811 g/mol. The Bertz CT molecular complexity index is 1950. The maximum Gasteiger partial charge on any atom is 0.323 e. The zero-order valence-electron chi connectivity index (χ0n) is 33.3. The number of hydrogen-bond acceptors (Lipinski definition) is 8. The maximum atomic E-state index is 13.9. The normalized spacial score (nSPS) is 14.3. The fourth-order valence-corrected chi connectivity index (χ4v) is 6.70. The van der Waals surface area contributed by atoms with Gasteiger partial charge in [-0.05, 0) is 98.9 Å². The Balaban J connectivity index is 1.41. The number of anilines is 2. The Morgan fingerprint density at radius 3 is 2.22 bits per heavy atom. The van der Waals surface area contributed by atoms with Crippen molar-refractivity contribution in [2.45, 2.75) is 102 Å². The van der Waals surface area contributed by atoms with E-state index in [9.17, 15) is 38.7 Å². The van der Waals surface area contributed by atoms with Crippen LogP contribution in [0.25, 0.3) is 6.08 Å². The zero-order chi connectivity index (χ0) is 42.6. The van der Waals surface area contributed by atoms with Crippen LogP contribution in [0, 0.1) is 6.92 Å². The molecule has 7 amide bonds. The van der Waals surface area contributed by atoms with Gasteiger partial charge in [-0.25, -0.2) is 4.79 Å². The lowest BCUT2D eigenvalue weighted by atomic mass is 9.80. The number of unbranched alkanes of at least 4 members (excludes halogenated alkanes) is 1. The maximum absolute atomic E-state index is 13.9. The first-order chi connectivity index (χ1) is 28.3. The monoisotopic (exact) mass is 810 g/mol. The van der Waals surface area contributed by atoms with Gasteiger partial charge < -0.3 is 42.7 Å². The third-order valence-corrected chi connectivity index (χ3v) is 10.0. The van der Waals surface area contributed by atoms with Gasteiger partial charge >= 0.3 is 12.0 Å². The van der Waals surface area contributed by atoms with Crippen molar-refractivity contribution in [2.75, 3.05) is 17.2 Å². The number of urea groups is 1. The second-order valence-corrected chi connectivity index (χ2v) is 14.6. The van der Waals surface area contributed by atoms with Gasteiger partial charge in [0.2, 0.25) is 29.5 Å². The van der Waals surface area contributed by atoms with Gasteiger partial charge in [0.05, 0.1) is 6.42 Å². The van der Waals surface area contributed by atoms with Gasteiger partial charge in [0.15, 0.2) is 0 Å². The number of carboxylic acids is 1. The fourth-order valence-electron chi connectivity index (χ4n) is 6.70. The molecule has 2 atom stereocenters. The SMILES string of the molecule is Cc1ccccc1NC(=O)Nc1ccc(CC(=O)N[C@@H](CCCCNC(=O)/C=C/c2cccnc2)C(=O)N[C@@H](CCCC(=O)O)C(=O)NC2(C(N)=O)CCCCC2)cc1. The molecule has 3 aromatic rings. The number of pyridine rings is 1. The highest BCUT2D eigenvalue weighted by atomic mass is 16.4. The van der Waals surface area contributed by atoms with Crippen molar-refractivity contribution < 1.29 is 38.7 Å². The molecule has 1 aliphatic rings. The second-order valence-electron chi connectivity index (χ2n) is 14.6. The highest BCUT2D eigenvalue weighted by Crippen LogP contribution is 2.28. The predicted octanol–water partition coefficient (Wildman–Crippen LogP) is 4.11. The number of carboxylic acid groups (broad SMARTS) is 1. The summed E-state index contributed by atoms with van der Waals surface area (Å²) in [6.07, 6.45) is 9.85. The van der Waals surface area contributed by atoms with Gasteiger partial charge in [-0.15, -0.1) is 0 Å². The number of benzene rings is 2. The van der Waals surface area contributed by atoms with Crippen molar-refractivity contribution in [3.05, 3.63) is 95.8 Å². The number of primary amides is 1. The van der Waals surface area contributed by atoms with E-state index in [1.807, 2.05) is 31.2 Å². The first kappa shape index (κ1) is 45.1. The number of nitrogens with two attached hydrogens (primary N) is 1. The average Bonchev–Trinajstić information content (AvgIpc) is 3.21. The summed E-state index contributed by atoms with van der Waals surface area (Å²) >= 11 is 0. The number of para-hydroxylation sites is 1. The smallest absolute Gasteiger partial charge is 0.323 e. The van der Waals surface area contributed by atoms with Crippen LogP contribution >= 0.6 is 0 Å². The lowest BCUT2D eigenvalue weighted by molar-refractivity contribution is -0.138. The van der Waals surface area contributed by atoms with Crippen LogP contribution in [-0.2, 0) is 35.2 Å². The molecule has 0 unspecified atom stereocenters. The molecule has 1 saturated carbocycles. The van der Waals surface area contributed by atoms with Gasteiger partial charge in [0.1, 0.15) is 17.6 Å². The number of aryl methyl sites for hydroxylation is 1. The van der Waals surface area contributed by atoms with Gasteiger partial charge in [-0.2, -0.15) is 0 Å². The molecule has 2 aromatic carbocycles. The molecule has 59 heavy (non-hydrogen) atoms. The molecule has 4 rings (SSSR count). The molecule has 1 fully saturated rings. The van der Waals surface area contributed by atoms with E-state index in [4.69, 9.17) is 5.73 Å². The van der Waals surface area contributed by atoms with Crippen molar-refractivity contribution in [3.63, 3.8) is 0 Å².